The Morgan fingerprint density at radius 2 is 2.31 bits per heavy atom. The zero-order chi connectivity index (χ0) is 9.68. The minimum atomic E-state index is -0.871. The third kappa shape index (κ3) is 2.40. The first-order chi connectivity index (χ1) is 6.25. The van der Waals surface area contributed by atoms with Gasteiger partial charge in [0, 0.05) is 17.3 Å². The Balaban J connectivity index is 2.81. The molecule has 13 heavy (non-hydrogen) atoms. The SMILES string of the molecule is Cc1nccnc1[C@H](O)CN=[N+]=[N-]. The van der Waals surface area contributed by atoms with Crippen LogP contribution in [-0.2, 0) is 0 Å². The summed E-state index contributed by atoms with van der Waals surface area (Å²) >= 11 is 0. The van der Waals surface area contributed by atoms with Crippen molar-refractivity contribution >= 4 is 0 Å². The van der Waals surface area contributed by atoms with E-state index in [0.29, 0.717) is 11.4 Å². The van der Waals surface area contributed by atoms with Crippen molar-refractivity contribution in [2.24, 2.45) is 5.11 Å². The van der Waals surface area contributed by atoms with Gasteiger partial charge in [-0.3, -0.25) is 9.97 Å². The Morgan fingerprint density at radius 3 is 2.92 bits per heavy atom. The van der Waals surface area contributed by atoms with E-state index in [4.69, 9.17) is 5.53 Å². The molecule has 0 saturated carbocycles. The van der Waals surface area contributed by atoms with Crippen LogP contribution in [0.4, 0.5) is 0 Å². The van der Waals surface area contributed by atoms with E-state index in [0.717, 1.165) is 0 Å². The number of aliphatic hydroxyl groups excluding tert-OH is 1. The molecule has 0 bridgehead atoms. The molecule has 0 radical (unpaired) electrons. The van der Waals surface area contributed by atoms with Crippen molar-refractivity contribution in [3.63, 3.8) is 0 Å². The first-order valence-electron chi connectivity index (χ1n) is 3.72. The van der Waals surface area contributed by atoms with Crippen LogP contribution in [0.1, 0.15) is 17.5 Å². The van der Waals surface area contributed by atoms with E-state index >= 15 is 0 Å². The molecule has 0 fully saturated rings. The van der Waals surface area contributed by atoms with E-state index < -0.39 is 6.10 Å². The lowest BCUT2D eigenvalue weighted by Gasteiger charge is -2.07. The molecule has 0 spiro atoms. The molecular weight excluding hydrogens is 170 g/mol. The van der Waals surface area contributed by atoms with Crippen LogP contribution >= 0.6 is 0 Å². The van der Waals surface area contributed by atoms with Crippen LogP contribution in [0.5, 0.6) is 0 Å². The Hall–Kier alpha value is -1.65. The molecule has 0 saturated heterocycles. The number of aryl methyl sites for hydroxylation is 1. The number of aliphatic hydroxyl groups is 1. The summed E-state index contributed by atoms with van der Waals surface area (Å²) in [7, 11) is 0. The van der Waals surface area contributed by atoms with Crippen molar-refractivity contribution < 1.29 is 5.11 Å². The predicted molar refractivity (Wildman–Crippen MR) is 45.7 cm³/mol. The largest absolute Gasteiger partial charge is 0.387 e. The lowest BCUT2D eigenvalue weighted by molar-refractivity contribution is 0.180. The maximum absolute atomic E-state index is 9.47. The Bertz CT molecular complexity index is 333. The summed E-state index contributed by atoms with van der Waals surface area (Å²) in [6.45, 7) is 1.72. The van der Waals surface area contributed by atoms with E-state index in [-0.39, 0.29) is 6.54 Å². The summed E-state index contributed by atoms with van der Waals surface area (Å²) in [5, 5.41) is 12.7. The van der Waals surface area contributed by atoms with E-state index in [1.807, 2.05) is 0 Å². The summed E-state index contributed by atoms with van der Waals surface area (Å²) in [5.74, 6) is 0. The van der Waals surface area contributed by atoms with Gasteiger partial charge in [0.2, 0.25) is 0 Å². The highest BCUT2D eigenvalue weighted by molar-refractivity contribution is 5.11. The first kappa shape index (κ1) is 9.44. The molecule has 1 N–H and O–H groups in total. The molecular formula is C7H9N5O. The van der Waals surface area contributed by atoms with Crippen molar-refractivity contribution in [2.45, 2.75) is 13.0 Å². The van der Waals surface area contributed by atoms with Crippen LogP contribution < -0.4 is 0 Å². The molecule has 1 rings (SSSR count). The lowest BCUT2D eigenvalue weighted by Crippen LogP contribution is -2.06. The van der Waals surface area contributed by atoms with Gasteiger partial charge < -0.3 is 5.11 Å². The van der Waals surface area contributed by atoms with Gasteiger partial charge >= 0.3 is 0 Å². The van der Waals surface area contributed by atoms with Gasteiger partial charge in [0.15, 0.2) is 0 Å². The average molecular weight is 179 g/mol. The smallest absolute Gasteiger partial charge is 0.103 e. The van der Waals surface area contributed by atoms with Crippen LogP contribution in [0.15, 0.2) is 17.5 Å². The molecule has 0 aliphatic heterocycles. The predicted octanol–water partition coefficient (Wildman–Crippen LogP) is 1.13. The van der Waals surface area contributed by atoms with E-state index in [1.54, 1.807) is 13.1 Å². The first-order valence-corrected chi connectivity index (χ1v) is 3.72. The van der Waals surface area contributed by atoms with Crippen LogP contribution in [0.2, 0.25) is 0 Å². The van der Waals surface area contributed by atoms with Gasteiger partial charge in [-0.2, -0.15) is 0 Å². The van der Waals surface area contributed by atoms with Crippen molar-refractivity contribution in [1.29, 1.82) is 0 Å². The maximum Gasteiger partial charge on any atom is 0.103 e. The molecule has 6 nitrogen and oxygen atoms in total. The fourth-order valence-corrected chi connectivity index (χ4v) is 0.946. The minimum absolute atomic E-state index is 0.0178. The normalized spacial score (nSPS) is 11.8. The fraction of sp³-hybridized carbons (Fsp3) is 0.429. The summed E-state index contributed by atoms with van der Waals surface area (Å²) < 4.78 is 0. The average Bonchev–Trinajstić information content (AvgIpc) is 2.15. The molecule has 0 amide bonds. The number of hydrogen-bond acceptors (Lipinski definition) is 4. The topological polar surface area (TPSA) is 94.8 Å². The third-order valence-electron chi connectivity index (χ3n) is 1.55. The van der Waals surface area contributed by atoms with Gasteiger partial charge in [-0.25, -0.2) is 0 Å². The second kappa shape index (κ2) is 4.39. The summed E-state index contributed by atoms with van der Waals surface area (Å²) in [6.07, 6.45) is 2.16. The summed E-state index contributed by atoms with van der Waals surface area (Å²) in [5.41, 5.74) is 9.14. The molecule has 0 unspecified atom stereocenters. The molecule has 1 heterocycles. The molecule has 6 heteroatoms. The van der Waals surface area contributed by atoms with Crippen LogP contribution in [0.25, 0.3) is 10.4 Å². The second-order valence-corrected chi connectivity index (χ2v) is 2.46. The van der Waals surface area contributed by atoms with Gasteiger partial charge in [0.05, 0.1) is 17.9 Å². The number of nitrogens with zero attached hydrogens (tertiary/aromatic N) is 5. The summed E-state index contributed by atoms with van der Waals surface area (Å²) in [4.78, 5) is 10.4. The highest BCUT2D eigenvalue weighted by Gasteiger charge is 2.10. The minimum Gasteiger partial charge on any atom is -0.387 e. The number of aromatic nitrogens is 2. The van der Waals surface area contributed by atoms with Crippen molar-refractivity contribution in [3.05, 3.63) is 34.2 Å². The molecule has 68 valence electrons. The number of rotatable bonds is 3. The van der Waals surface area contributed by atoms with Crippen LogP contribution in [0.3, 0.4) is 0 Å². The van der Waals surface area contributed by atoms with Gasteiger partial charge in [0.1, 0.15) is 6.10 Å². The zero-order valence-corrected chi connectivity index (χ0v) is 7.12. The Kier molecular flexibility index (Phi) is 3.19. The third-order valence-corrected chi connectivity index (χ3v) is 1.55. The van der Waals surface area contributed by atoms with Crippen molar-refractivity contribution in [2.75, 3.05) is 6.54 Å². The Morgan fingerprint density at radius 1 is 1.62 bits per heavy atom. The maximum atomic E-state index is 9.47. The molecule has 0 aliphatic carbocycles. The second-order valence-electron chi connectivity index (χ2n) is 2.46. The molecule has 1 atom stereocenters. The van der Waals surface area contributed by atoms with Crippen molar-refractivity contribution in [1.82, 2.24) is 9.97 Å². The van der Waals surface area contributed by atoms with Crippen LogP contribution in [0, 0.1) is 6.92 Å². The van der Waals surface area contributed by atoms with E-state index in [9.17, 15) is 5.11 Å². The molecule has 0 aliphatic rings. The molecule has 0 aromatic carbocycles. The van der Waals surface area contributed by atoms with Gasteiger partial charge in [-0.15, -0.1) is 0 Å². The highest BCUT2D eigenvalue weighted by Crippen LogP contribution is 2.12. The van der Waals surface area contributed by atoms with Gasteiger partial charge in [-0.05, 0) is 12.5 Å². The fourth-order valence-electron chi connectivity index (χ4n) is 0.946. The van der Waals surface area contributed by atoms with Crippen LogP contribution in [-0.4, -0.2) is 21.6 Å². The highest BCUT2D eigenvalue weighted by atomic mass is 16.3. The summed E-state index contributed by atoms with van der Waals surface area (Å²) in [6, 6.07) is 0. The Labute approximate surface area is 74.9 Å². The van der Waals surface area contributed by atoms with E-state index in [1.165, 1.54) is 6.20 Å². The zero-order valence-electron chi connectivity index (χ0n) is 7.12. The standard InChI is InChI=1S/C7H9N5O/c1-5-7(10-3-2-9-5)6(13)4-11-12-8/h2-3,6,13H,4H2,1H3/t6-/m1/s1. The number of hydrogen-bond donors (Lipinski definition) is 1. The monoisotopic (exact) mass is 179 g/mol. The molecule has 1 aromatic rings. The lowest BCUT2D eigenvalue weighted by atomic mass is 10.2. The van der Waals surface area contributed by atoms with Gasteiger partial charge in [0.25, 0.3) is 0 Å². The number of azide groups is 1. The van der Waals surface area contributed by atoms with Gasteiger partial charge in [-0.1, -0.05) is 5.11 Å². The van der Waals surface area contributed by atoms with Crippen molar-refractivity contribution in [3.8, 4) is 0 Å². The quantitative estimate of drug-likeness (QED) is 0.428. The van der Waals surface area contributed by atoms with E-state index in [2.05, 4.69) is 20.0 Å². The molecule has 1 aromatic heterocycles.